The highest BCUT2D eigenvalue weighted by Gasteiger charge is 1.99. The van der Waals surface area contributed by atoms with Crippen molar-refractivity contribution in [1.82, 2.24) is 0 Å². The van der Waals surface area contributed by atoms with Gasteiger partial charge in [-0.15, -0.1) is 0 Å². The minimum Gasteiger partial charge on any atom is -0.388 e. The summed E-state index contributed by atoms with van der Waals surface area (Å²) in [6.07, 6.45) is -0.434. The van der Waals surface area contributed by atoms with E-state index in [1.807, 2.05) is 35.7 Å². The lowest BCUT2D eigenvalue weighted by atomic mass is 10.4. The lowest BCUT2D eigenvalue weighted by molar-refractivity contribution is 0.241. The van der Waals surface area contributed by atoms with Crippen molar-refractivity contribution in [1.29, 1.82) is 0 Å². The third-order valence-electron chi connectivity index (χ3n) is 1.45. The Hall–Kier alpha value is -0.250. The van der Waals surface area contributed by atoms with Crippen molar-refractivity contribution in [3.8, 4) is 0 Å². The monoisotopic (exact) mass is 258 g/mol. The molecule has 0 fully saturated rings. The van der Waals surface area contributed by atoms with Crippen LogP contribution in [0.3, 0.4) is 0 Å². The number of hydrogen-bond donors (Lipinski definition) is 1. The van der Waals surface area contributed by atoms with Gasteiger partial charge in [0.05, 0.1) is 6.10 Å². The molecule has 1 N–H and O–H groups in total. The van der Waals surface area contributed by atoms with E-state index in [-0.39, 0.29) is 0 Å². The molecule has 1 rings (SSSR count). The van der Waals surface area contributed by atoms with Crippen LogP contribution in [0.4, 0.5) is 0 Å². The van der Waals surface area contributed by atoms with E-state index in [0.717, 1.165) is 4.48 Å². The van der Waals surface area contributed by atoms with Crippen LogP contribution in [0.15, 0.2) is 45.1 Å². The Bertz CT molecular complexity index is 282. The molecule has 0 aliphatic rings. The summed E-state index contributed by atoms with van der Waals surface area (Å²) < 4.78 is 0.807. The van der Waals surface area contributed by atoms with Crippen LogP contribution < -0.4 is 0 Å². The quantitative estimate of drug-likeness (QED) is 0.839. The highest BCUT2D eigenvalue weighted by atomic mass is 79.9. The molecule has 1 aromatic carbocycles. The molecule has 1 atom stereocenters. The maximum Gasteiger partial charge on any atom is 0.0831 e. The molecular weight excluding hydrogens is 248 g/mol. The molecule has 0 saturated carbocycles. The van der Waals surface area contributed by atoms with E-state index in [1.165, 1.54) is 4.90 Å². The normalized spacial score (nSPS) is 14.2. The number of rotatable bonds is 3. The van der Waals surface area contributed by atoms with E-state index in [9.17, 15) is 5.11 Å². The third-order valence-corrected chi connectivity index (χ3v) is 3.56. The number of halogens is 1. The van der Waals surface area contributed by atoms with Crippen LogP contribution in [0.25, 0.3) is 0 Å². The number of hydrogen-bond acceptors (Lipinski definition) is 2. The highest BCUT2D eigenvalue weighted by molar-refractivity contribution is 9.11. The lowest BCUT2D eigenvalue weighted by Crippen LogP contribution is -1.96. The second-order valence-electron chi connectivity index (χ2n) is 2.61. The van der Waals surface area contributed by atoms with Gasteiger partial charge in [-0.3, -0.25) is 0 Å². The first-order valence-electron chi connectivity index (χ1n) is 3.95. The topological polar surface area (TPSA) is 20.2 Å². The van der Waals surface area contributed by atoms with Crippen LogP contribution in [-0.2, 0) is 0 Å². The Morgan fingerprint density at radius 3 is 2.62 bits per heavy atom. The molecule has 1 unspecified atom stereocenters. The van der Waals surface area contributed by atoms with E-state index in [2.05, 4.69) is 15.9 Å². The maximum absolute atomic E-state index is 9.17. The van der Waals surface area contributed by atoms with E-state index >= 15 is 0 Å². The summed E-state index contributed by atoms with van der Waals surface area (Å²) in [5.74, 6) is 0. The Labute approximate surface area is 91.0 Å². The van der Waals surface area contributed by atoms with Crippen LogP contribution in [0.5, 0.6) is 0 Å². The van der Waals surface area contributed by atoms with Crippen LogP contribution in [0, 0.1) is 0 Å². The molecule has 0 aromatic heterocycles. The molecule has 1 aromatic rings. The zero-order valence-corrected chi connectivity index (χ0v) is 9.68. The first-order chi connectivity index (χ1) is 6.20. The predicted molar refractivity (Wildman–Crippen MR) is 61.0 cm³/mol. The van der Waals surface area contributed by atoms with Crippen molar-refractivity contribution < 1.29 is 5.11 Å². The maximum atomic E-state index is 9.17. The van der Waals surface area contributed by atoms with Crippen molar-refractivity contribution in [2.45, 2.75) is 17.9 Å². The van der Waals surface area contributed by atoms with Crippen LogP contribution in [-0.4, -0.2) is 11.2 Å². The molecule has 0 aliphatic heterocycles. The minimum atomic E-state index is -0.434. The van der Waals surface area contributed by atoms with Gasteiger partial charge in [0.15, 0.2) is 0 Å². The zero-order chi connectivity index (χ0) is 9.68. The van der Waals surface area contributed by atoms with Crippen LogP contribution >= 0.6 is 27.7 Å². The van der Waals surface area contributed by atoms with E-state index < -0.39 is 6.10 Å². The molecule has 0 aliphatic carbocycles. The average molecular weight is 259 g/mol. The Balaban J connectivity index is 2.57. The van der Waals surface area contributed by atoms with Crippen LogP contribution in [0.1, 0.15) is 6.92 Å². The summed E-state index contributed by atoms with van der Waals surface area (Å²) >= 11 is 4.88. The molecule has 0 bridgehead atoms. The second-order valence-corrected chi connectivity index (χ2v) is 4.47. The fourth-order valence-corrected chi connectivity index (χ4v) is 1.76. The van der Waals surface area contributed by atoms with E-state index in [0.29, 0.717) is 0 Å². The standard InChI is InChI=1S/C10H11BrOS/c1-8(12)10(11)7-13-9-5-3-2-4-6-9/h2-8,12H,1H3/b10-7-. The zero-order valence-electron chi connectivity index (χ0n) is 7.27. The summed E-state index contributed by atoms with van der Waals surface area (Å²) in [5, 5.41) is 11.1. The van der Waals surface area contributed by atoms with Gasteiger partial charge in [-0.1, -0.05) is 45.9 Å². The average Bonchev–Trinajstić information content (AvgIpc) is 2.15. The van der Waals surface area contributed by atoms with Gasteiger partial charge in [0, 0.05) is 9.38 Å². The Kier molecular flexibility index (Phi) is 4.56. The smallest absolute Gasteiger partial charge is 0.0831 e. The van der Waals surface area contributed by atoms with Gasteiger partial charge in [-0.2, -0.15) is 0 Å². The predicted octanol–water partition coefficient (Wildman–Crippen LogP) is 3.40. The van der Waals surface area contributed by atoms with E-state index in [1.54, 1.807) is 18.7 Å². The molecule has 0 heterocycles. The summed E-state index contributed by atoms with van der Waals surface area (Å²) in [6, 6.07) is 10.0. The fourth-order valence-electron chi connectivity index (χ4n) is 0.722. The number of aliphatic hydroxyl groups excluding tert-OH is 1. The van der Waals surface area contributed by atoms with Gasteiger partial charge in [0.2, 0.25) is 0 Å². The van der Waals surface area contributed by atoms with Crippen molar-refractivity contribution in [3.63, 3.8) is 0 Å². The van der Waals surface area contributed by atoms with Gasteiger partial charge in [-0.05, 0) is 24.5 Å². The SMILES string of the molecule is CC(O)/C(Br)=C/Sc1ccccc1. The molecule has 3 heteroatoms. The first kappa shape index (κ1) is 10.8. The summed E-state index contributed by atoms with van der Waals surface area (Å²) in [7, 11) is 0. The molecule has 0 saturated heterocycles. The van der Waals surface area contributed by atoms with Crippen molar-refractivity contribution in [2.75, 3.05) is 0 Å². The molecular formula is C10H11BrOS. The number of thioether (sulfide) groups is 1. The minimum absolute atomic E-state index is 0.434. The fraction of sp³-hybridized carbons (Fsp3) is 0.200. The summed E-state index contributed by atoms with van der Waals surface area (Å²) in [6.45, 7) is 1.73. The van der Waals surface area contributed by atoms with Crippen LogP contribution in [0.2, 0.25) is 0 Å². The Morgan fingerprint density at radius 1 is 1.46 bits per heavy atom. The second kappa shape index (κ2) is 5.47. The molecule has 1 nitrogen and oxygen atoms in total. The van der Waals surface area contributed by atoms with Crippen molar-refractivity contribution >= 4 is 27.7 Å². The number of aliphatic hydroxyl groups is 1. The van der Waals surface area contributed by atoms with E-state index in [4.69, 9.17) is 0 Å². The Morgan fingerprint density at radius 2 is 2.08 bits per heavy atom. The summed E-state index contributed by atoms with van der Waals surface area (Å²) in [4.78, 5) is 1.17. The van der Waals surface area contributed by atoms with Gasteiger partial charge < -0.3 is 5.11 Å². The van der Waals surface area contributed by atoms with Gasteiger partial charge in [0.1, 0.15) is 0 Å². The molecule has 0 amide bonds. The molecule has 70 valence electrons. The van der Waals surface area contributed by atoms with Gasteiger partial charge in [-0.25, -0.2) is 0 Å². The van der Waals surface area contributed by atoms with Crippen molar-refractivity contribution in [3.05, 3.63) is 40.2 Å². The third kappa shape index (κ3) is 3.98. The van der Waals surface area contributed by atoms with Gasteiger partial charge in [0.25, 0.3) is 0 Å². The van der Waals surface area contributed by atoms with Gasteiger partial charge >= 0.3 is 0 Å². The number of benzene rings is 1. The largest absolute Gasteiger partial charge is 0.388 e. The molecule has 13 heavy (non-hydrogen) atoms. The summed E-state index contributed by atoms with van der Waals surface area (Å²) in [5.41, 5.74) is 0. The molecule has 0 spiro atoms. The molecule has 0 radical (unpaired) electrons. The lowest BCUT2D eigenvalue weighted by Gasteiger charge is -2.01. The highest BCUT2D eigenvalue weighted by Crippen LogP contribution is 2.23. The van der Waals surface area contributed by atoms with Crippen molar-refractivity contribution in [2.24, 2.45) is 0 Å². The first-order valence-corrected chi connectivity index (χ1v) is 5.63.